The summed E-state index contributed by atoms with van der Waals surface area (Å²) in [5, 5.41) is 10.2. The first-order valence-electron chi connectivity index (χ1n) is 12.4. The average molecular weight is 529 g/mol. The topological polar surface area (TPSA) is 130 Å². The van der Waals surface area contributed by atoms with Crippen molar-refractivity contribution in [2.24, 2.45) is 0 Å². The average Bonchev–Trinajstić information content (AvgIpc) is 2.90. The number of carbonyl (C=O) groups is 2. The zero-order valence-corrected chi connectivity index (χ0v) is 21.8. The molecule has 12 nitrogen and oxygen atoms in total. The molecule has 1 N–H and O–H groups in total. The molecular formula is C26H36N6O6. The zero-order chi connectivity index (χ0) is 28.2. The lowest BCUT2D eigenvalue weighted by Gasteiger charge is -2.42. The van der Waals surface area contributed by atoms with Crippen LogP contribution >= 0.6 is 0 Å². The second-order valence-electron chi connectivity index (χ2n) is 8.55. The molecule has 1 unspecified atom stereocenters. The number of amides is 4. The van der Waals surface area contributed by atoms with Crippen LogP contribution in [0.3, 0.4) is 0 Å². The van der Waals surface area contributed by atoms with Crippen molar-refractivity contribution in [3.63, 3.8) is 0 Å². The quantitative estimate of drug-likeness (QED) is 0.271. The molecule has 1 aromatic rings. The molecule has 2 heterocycles. The zero-order valence-electron chi connectivity index (χ0n) is 21.8. The minimum absolute atomic E-state index is 0.0466. The highest BCUT2D eigenvalue weighted by Gasteiger charge is 2.40. The van der Waals surface area contributed by atoms with Gasteiger partial charge in [-0.2, -0.15) is 0 Å². The second-order valence-corrected chi connectivity index (χ2v) is 8.55. The fourth-order valence-electron chi connectivity index (χ4n) is 3.80. The molecule has 38 heavy (non-hydrogen) atoms. The van der Waals surface area contributed by atoms with E-state index in [0.717, 1.165) is 23.5 Å². The van der Waals surface area contributed by atoms with Gasteiger partial charge in [0.25, 0.3) is 0 Å². The molecule has 2 rings (SSSR count). The lowest BCUT2D eigenvalue weighted by atomic mass is 10.3. The van der Waals surface area contributed by atoms with E-state index in [1.165, 1.54) is 11.9 Å². The summed E-state index contributed by atoms with van der Waals surface area (Å²) in [5.74, 6) is 0. The van der Waals surface area contributed by atoms with Crippen molar-refractivity contribution in [2.75, 3.05) is 20.1 Å². The number of urea groups is 2. The number of aromatic nitrogens is 3. The van der Waals surface area contributed by atoms with Crippen LogP contribution in [0.25, 0.3) is 0 Å². The number of aliphatic hydroxyl groups is 1. The summed E-state index contributed by atoms with van der Waals surface area (Å²) in [6, 6.07) is -1.19. The number of allylic oxidation sites excluding steroid dienone is 2. The molecule has 0 saturated carbocycles. The lowest BCUT2D eigenvalue weighted by molar-refractivity contribution is -0.0820. The maximum Gasteiger partial charge on any atom is 0.336 e. The van der Waals surface area contributed by atoms with Crippen molar-refractivity contribution in [2.45, 2.75) is 58.1 Å². The van der Waals surface area contributed by atoms with Crippen LogP contribution in [0, 0.1) is 0 Å². The number of aliphatic hydroxyl groups excluding tert-OH is 1. The van der Waals surface area contributed by atoms with E-state index in [1.54, 1.807) is 30.4 Å². The Labute approximate surface area is 221 Å². The van der Waals surface area contributed by atoms with Crippen LogP contribution in [-0.4, -0.2) is 72.1 Å². The molecule has 12 heteroatoms. The lowest BCUT2D eigenvalue weighted by Crippen LogP contribution is -2.65. The molecule has 1 saturated heterocycles. The Hall–Kier alpha value is -4.15. The first kappa shape index (κ1) is 30.1. The molecule has 0 spiro atoms. The van der Waals surface area contributed by atoms with Gasteiger partial charge in [0.2, 0.25) is 6.35 Å². The van der Waals surface area contributed by atoms with Gasteiger partial charge in [-0.15, -0.1) is 25.5 Å². The fourth-order valence-corrected chi connectivity index (χ4v) is 3.80. The van der Waals surface area contributed by atoms with Crippen LogP contribution in [0.4, 0.5) is 9.59 Å². The van der Waals surface area contributed by atoms with Crippen LogP contribution in [-0.2, 0) is 19.6 Å². The first-order chi connectivity index (χ1) is 18.2. The molecule has 1 aliphatic heterocycles. The number of hydrogen-bond donors (Lipinski definition) is 1. The Morgan fingerprint density at radius 2 is 1.11 bits per heavy atom. The summed E-state index contributed by atoms with van der Waals surface area (Å²) in [4.78, 5) is 66.7. The molecule has 1 fully saturated rings. The van der Waals surface area contributed by atoms with E-state index in [-0.39, 0.29) is 32.7 Å². The molecule has 1 aromatic heterocycles. The third-order valence-corrected chi connectivity index (χ3v) is 5.94. The van der Waals surface area contributed by atoms with Crippen LogP contribution in [0.2, 0.25) is 0 Å². The Balaban J connectivity index is 2.09. The third-order valence-electron chi connectivity index (χ3n) is 5.94. The molecule has 0 radical (unpaired) electrons. The standard InChI is InChI=1S/C26H36N6O6/c1-5-8-16-28-21(33)27(4)22(34)29(23(28)35)19-14-12-11-13-15-20-32-25(37)30(17-9-6-2)24(36)31(26(32)38)18-10-7-3/h5-7,12-13,21,33H,1-3,8-10,14-20H2,4H3. The van der Waals surface area contributed by atoms with Gasteiger partial charge in [-0.05, 0) is 44.3 Å². The molecule has 4 amide bonds. The van der Waals surface area contributed by atoms with Crippen molar-refractivity contribution in [3.8, 4) is 0 Å². The van der Waals surface area contributed by atoms with Gasteiger partial charge < -0.3 is 5.11 Å². The fraction of sp³-hybridized carbons (Fsp3) is 0.462. The van der Waals surface area contributed by atoms with Gasteiger partial charge in [0.05, 0.1) is 0 Å². The summed E-state index contributed by atoms with van der Waals surface area (Å²) < 4.78 is 3.09. The van der Waals surface area contributed by atoms with Gasteiger partial charge in [0.15, 0.2) is 0 Å². The van der Waals surface area contributed by atoms with Gasteiger partial charge in [0.1, 0.15) is 0 Å². The second kappa shape index (κ2) is 14.6. The van der Waals surface area contributed by atoms with E-state index in [2.05, 4.69) is 25.5 Å². The largest absolute Gasteiger partial charge is 0.356 e. The van der Waals surface area contributed by atoms with Crippen molar-refractivity contribution in [1.29, 1.82) is 0 Å². The predicted molar refractivity (Wildman–Crippen MR) is 144 cm³/mol. The minimum atomic E-state index is -1.34. The van der Waals surface area contributed by atoms with E-state index < -0.39 is 35.5 Å². The monoisotopic (exact) mass is 528 g/mol. The van der Waals surface area contributed by atoms with Crippen molar-refractivity contribution >= 4 is 12.1 Å². The van der Waals surface area contributed by atoms with Gasteiger partial charge in [-0.25, -0.2) is 42.6 Å². The summed E-state index contributed by atoms with van der Waals surface area (Å²) in [5.41, 5.74) is 0.921. The molecule has 1 atom stereocenters. The maximum absolute atomic E-state index is 12.8. The number of imide groups is 1. The third kappa shape index (κ3) is 6.99. The summed E-state index contributed by atoms with van der Waals surface area (Å²) in [6.07, 6.45) is 8.61. The molecule has 0 bridgehead atoms. The maximum atomic E-state index is 12.8. The molecule has 0 aromatic carbocycles. The molecular weight excluding hydrogens is 492 g/mol. The van der Waals surface area contributed by atoms with Gasteiger partial charge in [-0.1, -0.05) is 18.2 Å². The van der Waals surface area contributed by atoms with E-state index in [9.17, 15) is 29.1 Å². The van der Waals surface area contributed by atoms with Crippen molar-refractivity contribution < 1.29 is 14.7 Å². The Bertz CT molecular complexity index is 1230. The van der Waals surface area contributed by atoms with Crippen molar-refractivity contribution in [1.82, 2.24) is 28.4 Å². The molecule has 0 aliphatic carbocycles. The van der Waals surface area contributed by atoms with E-state index >= 15 is 0 Å². The van der Waals surface area contributed by atoms with Gasteiger partial charge >= 0.3 is 29.1 Å². The highest BCUT2D eigenvalue weighted by molar-refractivity contribution is 5.95. The van der Waals surface area contributed by atoms with Crippen molar-refractivity contribution in [3.05, 3.63) is 87.3 Å². The van der Waals surface area contributed by atoms with E-state index in [4.69, 9.17) is 0 Å². The number of hydrogen-bond acceptors (Lipinski definition) is 6. The molecule has 1 aliphatic rings. The number of rotatable bonds is 15. The van der Waals surface area contributed by atoms with E-state index in [1.807, 2.05) is 0 Å². The highest BCUT2D eigenvalue weighted by atomic mass is 16.3. The number of carbonyl (C=O) groups excluding carboxylic acids is 2. The van der Waals surface area contributed by atoms with Crippen LogP contribution < -0.4 is 17.1 Å². The van der Waals surface area contributed by atoms with Gasteiger partial charge in [0, 0.05) is 39.8 Å². The minimum Gasteiger partial charge on any atom is -0.356 e. The van der Waals surface area contributed by atoms with Crippen LogP contribution in [0.15, 0.2) is 70.2 Å². The van der Waals surface area contributed by atoms with Crippen LogP contribution in [0.5, 0.6) is 0 Å². The smallest absolute Gasteiger partial charge is 0.336 e. The highest BCUT2D eigenvalue weighted by Crippen LogP contribution is 2.17. The number of nitrogens with zero attached hydrogens (tertiary/aromatic N) is 6. The Morgan fingerprint density at radius 1 is 0.684 bits per heavy atom. The summed E-state index contributed by atoms with van der Waals surface area (Å²) >= 11 is 0. The summed E-state index contributed by atoms with van der Waals surface area (Å²) in [6.45, 7) is 11.4. The van der Waals surface area contributed by atoms with E-state index in [0.29, 0.717) is 32.1 Å². The normalized spacial score (nSPS) is 15.3. The Morgan fingerprint density at radius 3 is 1.58 bits per heavy atom. The van der Waals surface area contributed by atoms with Crippen LogP contribution in [0.1, 0.15) is 32.1 Å². The SMILES string of the molecule is C=CCCN1C(=O)N(CCC=C=CCCn2c(=O)n(CCC=C)c(=O)n(CCC=C)c2=O)C(=O)N(C)C1O. The Kier molecular flexibility index (Phi) is 11.5. The predicted octanol–water partition coefficient (Wildman–Crippen LogP) is 1.46. The first-order valence-corrected chi connectivity index (χ1v) is 12.4. The van der Waals surface area contributed by atoms with Gasteiger partial charge in [-0.3, -0.25) is 9.80 Å². The summed E-state index contributed by atoms with van der Waals surface area (Å²) in [7, 11) is 1.41. The molecule has 206 valence electrons.